The number of thiophene rings is 1. The van der Waals surface area contributed by atoms with Crippen LogP contribution >= 0.6 is 34.5 Å². The van der Waals surface area contributed by atoms with Crippen molar-refractivity contribution in [2.45, 2.75) is 56.3 Å². The highest BCUT2D eigenvalue weighted by Gasteiger charge is 2.49. The Labute approximate surface area is 257 Å². The van der Waals surface area contributed by atoms with Gasteiger partial charge in [-0.15, -0.1) is 11.3 Å². The molecule has 2 aliphatic rings. The van der Waals surface area contributed by atoms with E-state index in [4.69, 9.17) is 23.2 Å². The molecule has 0 unspecified atom stereocenters. The van der Waals surface area contributed by atoms with Crippen LogP contribution < -0.4 is 10.0 Å². The summed E-state index contributed by atoms with van der Waals surface area (Å²) in [4.78, 5) is 42.2. The molecule has 2 heterocycles. The summed E-state index contributed by atoms with van der Waals surface area (Å²) in [7, 11) is -3.59. The average Bonchev–Trinajstić information content (AvgIpc) is 3.41. The number of amides is 2. The largest absolute Gasteiger partial charge is 0.477 e. The Morgan fingerprint density at radius 2 is 1.79 bits per heavy atom. The molecule has 5 rings (SSSR count). The number of halogens is 2. The van der Waals surface area contributed by atoms with Crippen LogP contribution in [0.2, 0.25) is 10.0 Å². The average molecular weight is 651 g/mol. The first-order chi connectivity index (χ1) is 19.9. The fourth-order valence-corrected chi connectivity index (χ4v) is 8.13. The van der Waals surface area contributed by atoms with Crippen molar-refractivity contribution in [3.8, 4) is 0 Å². The van der Waals surface area contributed by atoms with Gasteiger partial charge in [-0.3, -0.25) is 9.59 Å². The highest BCUT2D eigenvalue weighted by molar-refractivity contribution is 7.88. The minimum atomic E-state index is -3.59. The summed E-state index contributed by atoms with van der Waals surface area (Å²) in [6.07, 6.45) is 3.73. The van der Waals surface area contributed by atoms with Crippen molar-refractivity contribution in [1.29, 1.82) is 0 Å². The van der Waals surface area contributed by atoms with Gasteiger partial charge in [0, 0.05) is 32.6 Å². The van der Waals surface area contributed by atoms with Crippen LogP contribution in [0.1, 0.15) is 73.7 Å². The zero-order valence-electron chi connectivity index (χ0n) is 22.5. The topological polar surface area (TPSA) is 133 Å². The monoisotopic (exact) mass is 649 g/mol. The number of fused-ring (bicyclic) bond motifs is 1. The zero-order chi connectivity index (χ0) is 30.2. The normalized spacial score (nSPS) is 22.5. The Bertz CT molecular complexity index is 1640. The number of sulfonamides is 1. The van der Waals surface area contributed by atoms with Gasteiger partial charge in [0.2, 0.25) is 15.9 Å². The first-order valence-corrected chi connectivity index (χ1v) is 16.8. The lowest BCUT2D eigenvalue weighted by Gasteiger charge is -2.49. The second kappa shape index (κ2) is 12.3. The minimum Gasteiger partial charge on any atom is -0.477 e. The van der Waals surface area contributed by atoms with Crippen LogP contribution in [0.3, 0.4) is 0 Å². The number of rotatable bonds is 8. The van der Waals surface area contributed by atoms with Crippen LogP contribution in [0.15, 0.2) is 54.6 Å². The van der Waals surface area contributed by atoms with E-state index in [2.05, 4.69) is 10.0 Å². The van der Waals surface area contributed by atoms with E-state index in [0.717, 1.165) is 30.4 Å². The Balaban J connectivity index is 1.62. The van der Waals surface area contributed by atoms with Crippen molar-refractivity contribution in [2.75, 3.05) is 6.26 Å². The van der Waals surface area contributed by atoms with Crippen molar-refractivity contribution in [2.24, 2.45) is 0 Å². The maximum Gasteiger partial charge on any atom is 0.345 e. The summed E-state index contributed by atoms with van der Waals surface area (Å²) < 4.78 is 27.4. The fourth-order valence-electron chi connectivity index (χ4n) is 6.00. The molecule has 0 radical (unpaired) electrons. The molecule has 13 heteroatoms. The van der Waals surface area contributed by atoms with Gasteiger partial charge in [0.1, 0.15) is 4.88 Å². The number of nitrogens with one attached hydrogen (secondary N) is 2. The van der Waals surface area contributed by atoms with Gasteiger partial charge in [0.15, 0.2) is 0 Å². The van der Waals surface area contributed by atoms with E-state index in [1.165, 1.54) is 6.07 Å². The smallest absolute Gasteiger partial charge is 0.345 e. The molecule has 1 aliphatic heterocycles. The lowest BCUT2D eigenvalue weighted by Crippen LogP contribution is -2.59. The molecule has 2 aromatic carbocycles. The molecule has 4 atom stereocenters. The molecular formula is C29H29Cl2N3O6S2. The molecular weight excluding hydrogens is 621 g/mol. The molecule has 222 valence electrons. The van der Waals surface area contributed by atoms with Crippen LogP contribution in [0.25, 0.3) is 0 Å². The van der Waals surface area contributed by atoms with Crippen LogP contribution in [0, 0.1) is 0 Å². The molecule has 2 amide bonds. The number of hydrogen-bond donors (Lipinski definition) is 3. The SMILES string of the molecule is CS(=O)(=O)N[C@H]1CCCC[C@@H]1N1C(=O)c2ccccc2[C@@H](C(=O)NCc2ccc(C(=O)O)s2)[C@@H]1c1ccc(Cl)cc1Cl. The van der Waals surface area contributed by atoms with E-state index in [1.807, 2.05) is 0 Å². The second-order valence-corrected chi connectivity index (χ2v) is 14.3. The van der Waals surface area contributed by atoms with Gasteiger partial charge in [-0.25, -0.2) is 17.9 Å². The maximum atomic E-state index is 14.3. The Kier molecular flexibility index (Phi) is 8.96. The van der Waals surface area contributed by atoms with Gasteiger partial charge in [-0.05, 0) is 54.3 Å². The van der Waals surface area contributed by atoms with Gasteiger partial charge in [0.05, 0.1) is 24.8 Å². The van der Waals surface area contributed by atoms with Crippen LogP contribution in [0.5, 0.6) is 0 Å². The van der Waals surface area contributed by atoms with Crippen LogP contribution in [-0.4, -0.2) is 54.5 Å². The van der Waals surface area contributed by atoms with E-state index < -0.39 is 40.0 Å². The molecule has 9 nitrogen and oxygen atoms in total. The highest BCUT2D eigenvalue weighted by atomic mass is 35.5. The van der Waals surface area contributed by atoms with E-state index in [-0.39, 0.29) is 28.3 Å². The predicted molar refractivity (Wildman–Crippen MR) is 162 cm³/mol. The third-order valence-electron chi connectivity index (χ3n) is 7.70. The molecule has 3 N–H and O–H groups in total. The molecule has 0 bridgehead atoms. The van der Waals surface area contributed by atoms with Gasteiger partial charge < -0.3 is 15.3 Å². The molecule has 42 heavy (non-hydrogen) atoms. The van der Waals surface area contributed by atoms with Gasteiger partial charge in [0.25, 0.3) is 5.91 Å². The summed E-state index contributed by atoms with van der Waals surface area (Å²) in [5.41, 5.74) is 1.39. The molecule has 0 saturated heterocycles. The predicted octanol–water partition coefficient (Wildman–Crippen LogP) is 5.21. The summed E-state index contributed by atoms with van der Waals surface area (Å²) in [5, 5.41) is 12.9. The third-order valence-corrected chi connectivity index (χ3v) is 10.1. The fraction of sp³-hybridized carbons (Fsp3) is 0.345. The number of carbonyl (C=O) groups excluding carboxylic acids is 2. The third kappa shape index (κ3) is 6.35. The number of carboxylic acids is 1. The van der Waals surface area contributed by atoms with Crippen LogP contribution in [0.4, 0.5) is 0 Å². The van der Waals surface area contributed by atoms with Crippen molar-refractivity contribution in [1.82, 2.24) is 14.9 Å². The van der Waals surface area contributed by atoms with E-state index in [0.29, 0.717) is 39.4 Å². The Morgan fingerprint density at radius 3 is 2.48 bits per heavy atom. The summed E-state index contributed by atoms with van der Waals surface area (Å²) in [6, 6.07) is 13.0. The number of hydrogen-bond acceptors (Lipinski definition) is 6. The van der Waals surface area contributed by atoms with Crippen molar-refractivity contribution < 1.29 is 27.9 Å². The van der Waals surface area contributed by atoms with Crippen LogP contribution in [-0.2, 0) is 21.4 Å². The van der Waals surface area contributed by atoms with Crippen molar-refractivity contribution >= 4 is 62.3 Å². The molecule has 3 aromatic rings. The van der Waals surface area contributed by atoms with E-state index in [9.17, 15) is 27.9 Å². The lowest BCUT2D eigenvalue weighted by atomic mass is 9.76. The molecule has 0 spiro atoms. The molecule has 1 saturated carbocycles. The molecule has 1 fully saturated rings. The standard InChI is InChI=1S/C29H29Cl2N3O6S2/c1-42(39,40)33-22-8-4-5-9-23(22)34-26(20-12-10-16(30)14-21(20)31)25(18-6-2-3-7-19(18)28(34)36)27(35)32-15-17-11-13-24(41-17)29(37)38/h2-3,6-7,10-14,22-23,25-26,33H,4-5,8-9,15H2,1H3,(H,32,35)(H,37,38)/t22-,23-,25+,26-/m0/s1. The summed E-state index contributed by atoms with van der Waals surface area (Å²) in [5.74, 6) is -2.65. The number of carbonyl (C=O) groups is 3. The number of benzene rings is 2. The number of nitrogens with zero attached hydrogens (tertiary/aromatic N) is 1. The highest BCUT2D eigenvalue weighted by Crippen LogP contribution is 2.48. The summed E-state index contributed by atoms with van der Waals surface area (Å²) in [6.45, 7) is 0.0894. The maximum absolute atomic E-state index is 14.3. The second-order valence-electron chi connectivity index (χ2n) is 10.5. The van der Waals surface area contributed by atoms with E-state index in [1.54, 1.807) is 53.4 Å². The molecule has 1 aromatic heterocycles. The lowest BCUT2D eigenvalue weighted by molar-refractivity contribution is -0.124. The first-order valence-electron chi connectivity index (χ1n) is 13.4. The van der Waals surface area contributed by atoms with Gasteiger partial charge in [-0.1, -0.05) is 60.3 Å². The zero-order valence-corrected chi connectivity index (χ0v) is 25.7. The molecule has 1 aliphatic carbocycles. The quantitative estimate of drug-likeness (QED) is 0.307. The Hall–Kier alpha value is -2.96. The number of aromatic carboxylic acids is 1. The first kappa shape index (κ1) is 30.5. The Morgan fingerprint density at radius 1 is 1.05 bits per heavy atom. The van der Waals surface area contributed by atoms with Crippen molar-refractivity contribution in [3.05, 3.63) is 91.1 Å². The van der Waals surface area contributed by atoms with E-state index >= 15 is 0 Å². The summed E-state index contributed by atoms with van der Waals surface area (Å²) >= 11 is 14.0. The minimum absolute atomic E-state index is 0.0894. The van der Waals surface area contributed by atoms with Gasteiger partial charge >= 0.3 is 5.97 Å². The number of carboxylic acid groups (broad SMARTS) is 1. The van der Waals surface area contributed by atoms with Gasteiger partial charge in [-0.2, -0.15) is 0 Å². The van der Waals surface area contributed by atoms with Crippen molar-refractivity contribution in [3.63, 3.8) is 0 Å².